The van der Waals surface area contributed by atoms with Gasteiger partial charge in [-0.25, -0.2) is 4.98 Å². The lowest BCUT2D eigenvalue weighted by molar-refractivity contribution is 0.547. The van der Waals surface area contributed by atoms with Crippen molar-refractivity contribution < 1.29 is 0 Å². The van der Waals surface area contributed by atoms with E-state index >= 15 is 0 Å². The van der Waals surface area contributed by atoms with Gasteiger partial charge in [0, 0.05) is 0 Å². The normalized spacial score (nSPS) is 20.3. The van der Waals surface area contributed by atoms with Crippen molar-refractivity contribution in [1.29, 1.82) is 5.26 Å². The SMILES string of the molecule is N#Cc1ccc2nc(C34c5ccccc5C(c5ccccc5)(c5ccccc53)c3ccccc34)cnc2c1. The van der Waals surface area contributed by atoms with Crippen LogP contribution in [0.15, 0.2) is 128 Å². The van der Waals surface area contributed by atoms with Gasteiger partial charge in [-0.1, -0.05) is 103 Å². The zero-order valence-electron chi connectivity index (χ0n) is 20.5. The molecule has 0 saturated heterocycles. The highest BCUT2D eigenvalue weighted by molar-refractivity contribution is 5.83. The van der Waals surface area contributed by atoms with Gasteiger partial charge < -0.3 is 0 Å². The van der Waals surface area contributed by atoms with E-state index in [1.165, 1.54) is 38.9 Å². The first kappa shape index (κ1) is 21.1. The summed E-state index contributed by atoms with van der Waals surface area (Å²) in [4.78, 5) is 10.1. The maximum Gasteiger partial charge on any atom is 0.0992 e. The maximum atomic E-state index is 9.39. The van der Waals surface area contributed by atoms with Gasteiger partial charge in [-0.15, -0.1) is 0 Å². The summed E-state index contributed by atoms with van der Waals surface area (Å²) in [5.41, 5.74) is 10.8. The van der Waals surface area contributed by atoms with E-state index in [1.54, 1.807) is 0 Å². The third kappa shape index (κ3) is 2.38. The molecule has 176 valence electrons. The van der Waals surface area contributed by atoms with Gasteiger partial charge in [0.05, 0.1) is 45.4 Å². The molecule has 9 rings (SSSR count). The molecule has 1 aromatic heterocycles. The summed E-state index contributed by atoms with van der Waals surface area (Å²) in [6, 6.07) is 45.1. The smallest absolute Gasteiger partial charge is 0.0992 e. The Labute approximate surface area is 220 Å². The van der Waals surface area contributed by atoms with E-state index < -0.39 is 10.8 Å². The fraction of sp³-hybridized carbons (Fsp3) is 0.0571. The molecule has 3 nitrogen and oxygen atoms in total. The standard InChI is InChI=1S/C35H21N3/c36-21-23-18-19-31-32(20-23)37-22-33(38-31)35-28-15-7-4-12-25(28)34(24-10-2-1-3-11-24,26-13-5-8-16-29(26)35)27-14-6-9-17-30(27)35/h1-20,22H. The first-order valence-electron chi connectivity index (χ1n) is 12.8. The molecule has 0 atom stereocenters. The van der Waals surface area contributed by atoms with Crippen LogP contribution in [-0.2, 0) is 10.8 Å². The molecule has 0 spiro atoms. The van der Waals surface area contributed by atoms with Crippen molar-refractivity contribution >= 4 is 11.0 Å². The summed E-state index contributed by atoms with van der Waals surface area (Å²) in [5, 5.41) is 9.39. The number of hydrogen-bond donors (Lipinski definition) is 0. The quantitative estimate of drug-likeness (QED) is 0.269. The zero-order valence-corrected chi connectivity index (χ0v) is 20.5. The van der Waals surface area contributed by atoms with Crippen LogP contribution in [0.2, 0.25) is 0 Å². The monoisotopic (exact) mass is 483 g/mol. The van der Waals surface area contributed by atoms with E-state index in [0.717, 1.165) is 16.7 Å². The van der Waals surface area contributed by atoms with Crippen molar-refractivity contribution in [2.24, 2.45) is 0 Å². The summed E-state index contributed by atoms with van der Waals surface area (Å²) in [6.07, 6.45) is 1.91. The minimum atomic E-state index is -0.616. The van der Waals surface area contributed by atoms with E-state index in [9.17, 15) is 5.26 Å². The molecule has 3 aliphatic rings. The molecule has 0 unspecified atom stereocenters. The maximum absolute atomic E-state index is 9.39. The van der Waals surface area contributed by atoms with Crippen LogP contribution in [0.25, 0.3) is 11.0 Å². The number of nitriles is 1. The highest BCUT2D eigenvalue weighted by Crippen LogP contribution is 2.65. The summed E-state index contributed by atoms with van der Waals surface area (Å²) >= 11 is 0. The van der Waals surface area contributed by atoms with E-state index in [1.807, 2.05) is 24.4 Å². The van der Waals surface area contributed by atoms with Crippen LogP contribution < -0.4 is 0 Å². The molecule has 5 aromatic carbocycles. The lowest BCUT2D eigenvalue weighted by Gasteiger charge is -2.56. The Morgan fingerprint density at radius 2 is 1.03 bits per heavy atom. The lowest BCUT2D eigenvalue weighted by atomic mass is 9.45. The summed E-state index contributed by atoms with van der Waals surface area (Å²) in [6.45, 7) is 0. The Hall–Kier alpha value is -5.07. The molecule has 38 heavy (non-hydrogen) atoms. The predicted molar refractivity (Wildman–Crippen MR) is 148 cm³/mol. The molecular weight excluding hydrogens is 462 g/mol. The van der Waals surface area contributed by atoms with Crippen molar-refractivity contribution in [3.8, 4) is 6.07 Å². The molecule has 3 heteroatoms. The van der Waals surface area contributed by atoms with Crippen LogP contribution in [0.5, 0.6) is 0 Å². The second-order valence-corrected chi connectivity index (χ2v) is 10.1. The summed E-state index contributed by atoms with van der Waals surface area (Å²) in [5.74, 6) is 0. The second-order valence-electron chi connectivity index (χ2n) is 10.1. The summed E-state index contributed by atoms with van der Waals surface area (Å²) < 4.78 is 0. The first-order valence-corrected chi connectivity index (χ1v) is 12.8. The van der Waals surface area contributed by atoms with Gasteiger partial charge in [-0.3, -0.25) is 4.98 Å². The predicted octanol–water partition coefficient (Wildman–Crippen LogP) is 6.89. The number of rotatable bonds is 2. The van der Waals surface area contributed by atoms with Gasteiger partial charge in [0.15, 0.2) is 0 Å². The van der Waals surface area contributed by atoms with Gasteiger partial charge in [-0.05, 0) is 57.1 Å². The minimum Gasteiger partial charge on any atom is -0.253 e. The van der Waals surface area contributed by atoms with Gasteiger partial charge in [0.1, 0.15) is 0 Å². The third-order valence-electron chi connectivity index (χ3n) is 8.47. The molecule has 3 aliphatic carbocycles. The number of hydrogen-bond acceptors (Lipinski definition) is 3. The Morgan fingerprint density at radius 1 is 0.526 bits per heavy atom. The minimum absolute atomic E-state index is 0.432. The highest BCUT2D eigenvalue weighted by atomic mass is 14.8. The Morgan fingerprint density at radius 3 is 1.55 bits per heavy atom. The Balaban J connectivity index is 1.57. The second kappa shape index (κ2) is 7.47. The van der Waals surface area contributed by atoms with Crippen molar-refractivity contribution in [1.82, 2.24) is 9.97 Å². The topological polar surface area (TPSA) is 49.6 Å². The van der Waals surface area contributed by atoms with Crippen LogP contribution >= 0.6 is 0 Å². The first-order chi connectivity index (χ1) is 18.8. The number of nitrogens with zero attached hydrogens (tertiary/aromatic N) is 3. The molecule has 0 amide bonds. The highest BCUT2D eigenvalue weighted by Gasteiger charge is 2.60. The van der Waals surface area contributed by atoms with E-state index in [0.29, 0.717) is 5.56 Å². The molecule has 0 N–H and O–H groups in total. The lowest BCUT2D eigenvalue weighted by Crippen LogP contribution is -2.52. The fourth-order valence-corrected chi connectivity index (χ4v) is 7.11. The molecule has 0 fully saturated rings. The van der Waals surface area contributed by atoms with Crippen LogP contribution in [0.1, 0.15) is 50.2 Å². The molecule has 0 saturated carbocycles. The molecule has 0 radical (unpaired) electrons. The van der Waals surface area contributed by atoms with Crippen molar-refractivity contribution in [2.45, 2.75) is 10.8 Å². The Bertz CT molecular complexity index is 1830. The van der Waals surface area contributed by atoms with Crippen LogP contribution in [-0.4, -0.2) is 9.97 Å². The number of aromatic nitrogens is 2. The molecule has 2 bridgehead atoms. The largest absolute Gasteiger partial charge is 0.253 e. The average Bonchev–Trinajstić information content (AvgIpc) is 3.00. The van der Waals surface area contributed by atoms with Gasteiger partial charge in [-0.2, -0.15) is 5.26 Å². The van der Waals surface area contributed by atoms with Crippen LogP contribution in [0.4, 0.5) is 0 Å². The zero-order chi connectivity index (χ0) is 25.3. The van der Waals surface area contributed by atoms with Crippen LogP contribution in [0, 0.1) is 11.3 Å². The van der Waals surface area contributed by atoms with E-state index in [2.05, 4.69) is 109 Å². The van der Waals surface area contributed by atoms with Crippen LogP contribution in [0.3, 0.4) is 0 Å². The summed E-state index contributed by atoms with van der Waals surface area (Å²) in [7, 11) is 0. The third-order valence-corrected chi connectivity index (χ3v) is 8.47. The van der Waals surface area contributed by atoms with Crippen molar-refractivity contribution in [3.63, 3.8) is 0 Å². The van der Waals surface area contributed by atoms with Crippen molar-refractivity contribution in [2.75, 3.05) is 0 Å². The van der Waals surface area contributed by atoms with Gasteiger partial charge >= 0.3 is 0 Å². The number of benzene rings is 5. The molecule has 0 aliphatic heterocycles. The van der Waals surface area contributed by atoms with Gasteiger partial charge in [0.2, 0.25) is 0 Å². The number of fused-ring (bicyclic) bond motifs is 1. The van der Waals surface area contributed by atoms with Crippen molar-refractivity contribution in [3.05, 3.63) is 178 Å². The Kier molecular flexibility index (Phi) is 4.14. The van der Waals surface area contributed by atoms with E-state index in [4.69, 9.17) is 9.97 Å². The molecular formula is C35H21N3. The fourth-order valence-electron chi connectivity index (χ4n) is 7.11. The molecule has 1 heterocycles. The molecule has 6 aromatic rings. The van der Waals surface area contributed by atoms with Gasteiger partial charge in [0.25, 0.3) is 0 Å². The average molecular weight is 484 g/mol. The van der Waals surface area contributed by atoms with E-state index in [-0.39, 0.29) is 0 Å².